The van der Waals surface area contributed by atoms with E-state index in [2.05, 4.69) is 20.9 Å². The van der Waals surface area contributed by atoms with Gasteiger partial charge in [0.1, 0.15) is 11.6 Å². The van der Waals surface area contributed by atoms with E-state index in [1.54, 1.807) is 13.8 Å². The Morgan fingerprint density at radius 2 is 1.87 bits per heavy atom. The summed E-state index contributed by atoms with van der Waals surface area (Å²) in [7, 11) is 1.39. The van der Waals surface area contributed by atoms with Crippen LogP contribution in [0.5, 0.6) is 5.88 Å². The van der Waals surface area contributed by atoms with Crippen molar-refractivity contribution in [3.63, 3.8) is 0 Å². The van der Waals surface area contributed by atoms with Crippen LogP contribution in [0.3, 0.4) is 0 Å². The van der Waals surface area contributed by atoms with Crippen LogP contribution in [0.4, 0.5) is 5.69 Å². The Labute approximate surface area is 230 Å². The fourth-order valence-electron chi connectivity index (χ4n) is 4.16. The van der Waals surface area contributed by atoms with E-state index in [0.29, 0.717) is 25.9 Å². The van der Waals surface area contributed by atoms with Gasteiger partial charge in [-0.3, -0.25) is 19.7 Å². The SMILES string of the molecule is CCOC(=O)C(Cc1ccccc1)NC(=O)C1(NC(=O)C(C)Sc2nc(OC)ccc2[N+](=O)[O-])CCNCC1. The third-order valence-corrected chi connectivity index (χ3v) is 7.38. The van der Waals surface area contributed by atoms with Crippen molar-refractivity contribution in [2.24, 2.45) is 0 Å². The highest BCUT2D eigenvalue weighted by Crippen LogP contribution is 2.33. The number of ether oxygens (including phenoxy) is 2. The molecule has 1 aliphatic rings. The molecule has 3 rings (SSSR count). The Morgan fingerprint density at radius 1 is 1.18 bits per heavy atom. The van der Waals surface area contributed by atoms with Gasteiger partial charge < -0.3 is 25.4 Å². The maximum Gasteiger partial charge on any atom is 0.328 e. The number of nitro groups is 1. The number of pyridine rings is 1. The topological polar surface area (TPSA) is 162 Å². The summed E-state index contributed by atoms with van der Waals surface area (Å²) in [6, 6.07) is 10.9. The summed E-state index contributed by atoms with van der Waals surface area (Å²) in [5.41, 5.74) is -0.698. The number of aromatic nitrogens is 1. The van der Waals surface area contributed by atoms with Crippen LogP contribution < -0.4 is 20.7 Å². The third kappa shape index (κ3) is 7.90. The second-order valence-corrected chi connectivity index (χ2v) is 10.3. The molecule has 3 N–H and O–H groups in total. The molecule has 1 aliphatic heterocycles. The van der Waals surface area contributed by atoms with E-state index in [-0.39, 0.29) is 29.6 Å². The molecule has 2 amide bonds. The minimum atomic E-state index is -1.29. The number of benzene rings is 1. The molecule has 2 atom stereocenters. The number of nitrogens with one attached hydrogen (secondary N) is 3. The zero-order valence-electron chi connectivity index (χ0n) is 22.1. The van der Waals surface area contributed by atoms with Crippen LogP contribution in [0.15, 0.2) is 47.5 Å². The van der Waals surface area contributed by atoms with E-state index >= 15 is 0 Å². The number of carbonyl (C=O) groups excluding carboxylic acids is 3. The van der Waals surface area contributed by atoms with Crippen LogP contribution in [-0.2, 0) is 25.5 Å². The van der Waals surface area contributed by atoms with E-state index in [0.717, 1.165) is 17.3 Å². The van der Waals surface area contributed by atoms with Crippen molar-refractivity contribution in [2.75, 3.05) is 26.8 Å². The van der Waals surface area contributed by atoms with Gasteiger partial charge in [0.25, 0.3) is 0 Å². The van der Waals surface area contributed by atoms with Gasteiger partial charge in [-0.15, -0.1) is 0 Å². The molecule has 39 heavy (non-hydrogen) atoms. The van der Waals surface area contributed by atoms with Crippen molar-refractivity contribution in [3.8, 4) is 5.88 Å². The van der Waals surface area contributed by atoms with Gasteiger partial charge in [-0.2, -0.15) is 4.98 Å². The lowest BCUT2D eigenvalue weighted by atomic mass is 9.86. The van der Waals surface area contributed by atoms with Crippen LogP contribution in [-0.4, -0.2) is 71.3 Å². The number of esters is 1. The Bertz CT molecular complexity index is 1170. The van der Waals surface area contributed by atoms with Crippen LogP contribution >= 0.6 is 11.8 Å². The highest BCUT2D eigenvalue weighted by atomic mass is 32.2. The summed E-state index contributed by atoms with van der Waals surface area (Å²) in [5, 5.41) is 19.5. The first-order valence-corrected chi connectivity index (χ1v) is 13.5. The molecule has 2 aromatic rings. The van der Waals surface area contributed by atoms with Crippen molar-refractivity contribution in [3.05, 3.63) is 58.1 Å². The van der Waals surface area contributed by atoms with Crippen LogP contribution in [0, 0.1) is 10.1 Å². The Morgan fingerprint density at radius 3 is 2.49 bits per heavy atom. The maximum absolute atomic E-state index is 13.7. The van der Waals surface area contributed by atoms with Gasteiger partial charge in [0, 0.05) is 18.6 Å². The average molecular weight is 560 g/mol. The number of hydrogen-bond acceptors (Lipinski definition) is 10. The molecular weight excluding hydrogens is 526 g/mol. The first-order valence-electron chi connectivity index (χ1n) is 12.6. The fourth-order valence-corrected chi connectivity index (χ4v) is 5.07. The molecule has 210 valence electrons. The quantitative estimate of drug-likeness (QED) is 0.152. The predicted molar refractivity (Wildman–Crippen MR) is 144 cm³/mol. The smallest absolute Gasteiger partial charge is 0.328 e. The number of thioether (sulfide) groups is 1. The lowest BCUT2D eigenvalue weighted by molar-refractivity contribution is -0.388. The van der Waals surface area contributed by atoms with Crippen LogP contribution in [0.2, 0.25) is 0 Å². The molecule has 2 unspecified atom stereocenters. The number of nitrogens with zero attached hydrogens (tertiary/aromatic N) is 2. The van der Waals surface area contributed by atoms with Gasteiger partial charge in [0.15, 0.2) is 5.03 Å². The molecule has 1 aromatic heterocycles. The van der Waals surface area contributed by atoms with Gasteiger partial charge in [0.05, 0.1) is 23.9 Å². The summed E-state index contributed by atoms with van der Waals surface area (Å²) in [6.45, 7) is 4.37. The van der Waals surface area contributed by atoms with Crippen molar-refractivity contribution >= 4 is 35.2 Å². The van der Waals surface area contributed by atoms with E-state index in [1.807, 2.05) is 30.3 Å². The summed E-state index contributed by atoms with van der Waals surface area (Å²) in [5.74, 6) is -1.38. The second-order valence-electron chi connectivity index (χ2n) is 8.98. The summed E-state index contributed by atoms with van der Waals surface area (Å²) >= 11 is 0.896. The summed E-state index contributed by atoms with van der Waals surface area (Å²) < 4.78 is 10.3. The Kier molecular flexibility index (Phi) is 10.6. The molecule has 2 heterocycles. The average Bonchev–Trinajstić information content (AvgIpc) is 2.93. The number of carbonyl (C=O) groups is 3. The van der Waals surface area contributed by atoms with E-state index in [9.17, 15) is 24.5 Å². The molecular formula is C26H33N5O7S. The van der Waals surface area contributed by atoms with E-state index < -0.39 is 39.5 Å². The van der Waals surface area contributed by atoms with Gasteiger partial charge in [0.2, 0.25) is 17.7 Å². The molecule has 1 saturated heterocycles. The molecule has 0 spiro atoms. The van der Waals surface area contributed by atoms with Gasteiger partial charge in [-0.1, -0.05) is 42.1 Å². The first-order chi connectivity index (χ1) is 18.7. The molecule has 0 aliphatic carbocycles. The highest BCUT2D eigenvalue weighted by Gasteiger charge is 2.43. The minimum Gasteiger partial charge on any atom is -0.481 e. The van der Waals surface area contributed by atoms with Crippen LogP contribution in [0.25, 0.3) is 0 Å². The monoisotopic (exact) mass is 559 g/mol. The maximum atomic E-state index is 13.7. The highest BCUT2D eigenvalue weighted by molar-refractivity contribution is 8.00. The van der Waals surface area contributed by atoms with E-state index in [1.165, 1.54) is 19.2 Å². The summed E-state index contributed by atoms with van der Waals surface area (Å²) in [4.78, 5) is 54.8. The molecule has 0 bridgehead atoms. The standard InChI is InChI=1S/C26H33N5O7S/c1-4-38-24(33)19(16-18-8-6-5-7-9-18)28-25(34)26(12-14-27-15-13-26)30-22(32)17(2)39-23-20(31(35)36)10-11-21(29-23)37-3/h5-11,17,19,27H,4,12-16H2,1-3H3,(H,28,34)(H,30,32). The van der Waals surface area contributed by atoms with Gasteiger partial charge in [-0.25, -0.2) is 4.79 Å². The fraction of sp³-hybridized carbons (Fsp3) is 0.462. The molecule has 1 fully saturated rings. The predicted octanol–water partition coefficient (Wildman–Crippen LogP) is 2.01. The first kappa shape index (κ1) is 29.8. The Hall–Kier alpha value is -3.71. The van der Waals surface area contributed by atoms with E-state index in [4.69, 9.17) is 9.47 Å². The van der Waals surface area contributed by atoms with Crippen molar-refractivity contribution in [1.82, 2.24) is 20.9 Å². The number of amides is 2. The Balaban J connectivity index is 1.79. The zero-order valence-corrected chi connectivity index (χ0v) is 22.9. The van der Waals surface area contributed by atoms with Gasteiger partial charge >= 0.3 is 11.7 Å². The molecule has 0 radical (unpaired) electrons. The van der Waals surface area contributed by atoms with Gasteiger partial charge in [-0.05, 0) is 45.3 Å². The number of methoxy groups -OCH3 is 1. The summed E-state index contributed by atoms with van der Waals surface area (Å²) in [6.07, 6.45) is 0.811. The molecule has 12 nitrogen and oxygen atoms in total. The molecule has 13 heteroatoms. The minimum absolute atomic E-state index is 0.0241. The normalized spacial score (nSPS) is 15.9. The largest absolute Gasteiger partial charge is 0.481 e. The van der Waals surface area contributed by atoms with Crippen LogP contribution in [0.1, 0.15) is 32.3 Å². The number of rotatable bonds is 12. The van der Waals surface area contributed by atoms with Crippen molar-refractivity contribution in [1.29, 1.82) is 0 Å². The third-order valence-electron chi connectivity index (χ3n) is 6.29. The molecule has 0 saturated carbocycles. The number of piperidine rings is 1. The lowest BCUT2D eigenvalue weighted by Crippen LogP contribution is -2.65. The molecule has 1 aromatic carbocycles. The van der Waals surface area contributed by atoms with Crippen molar-refractivity contribution in [2.45, 2.75) is 55.0 Å². The second kappa shape index (κ2) is 13.9. The lowest BCUT2D eigenvalue weighted by Gasteiger charge is -2.38. The van der Waals surface area contributed by atoms with Crippen molar-refractivity contribution < 1.29 is 28.8 Å². The number of hydrogen-bond donors (Lipinski definition) is 3. The zero-order chi connectivity index (χ0) is 28.4.